The van der Waals surface area contributed by atoms with Crippen LogP contribution in [0.2, 0.25) is 0 Å². The summed E-state index contributed by atoms with van der Waals surface area (Å²) in [5.41, 5.74) is -4.05. The predicted octanol–water partition coefficient (Wildman–Crippen LogP) is 0.0394. The molecule has 122 valence electrons. The molecule has 0 spiro atoms. The van der Waals surface area contributed by atoms with E-state index in [-0.39, 0.29) is 30.1 Å². The van der Waals surface area contributed by atoms with Gasteiger partial charge >= 0.3 is 5.97 Å². The van der Waals surface area contributed by atoms with Crippen molar-refractivity contribution in [3.8, 4) is 0 Å². The Morgan fingerprint density at radius 2 is 2.00 bits per heavy atom. The molecule has 1 aliphatic heterocycles. The van der Waals surface area contributed by atoms with E-state index in [9.17, 15) is 19.8 Å². The van der Waals surface area contributed by atoms with Crippen LogP contribution < -0.4 is 0 Å². The van der Waals surface area contributed by atoms with Crippen LogP contribution in [0.4, 0.5) is 0 Å². The number of nitrogens with zero attached hydrogens (tertiary/aromatic N) is 1. The van der Waals surface area contributed by atoms with Crippen molar-refractivity contribution in [2.24, 2.45) is 10.9 Å². The molecule has 1 unspecified atom stereocenters. The molecular formula is C16H17NO6. The summed E-state index contributed by atoms with van der Waals surface area (Å²) < 4.78 is 9.83. The minimum Gasteiger partial charge on any atom is -0.463 e. The SMILES string of the molecule is COCCOC(=O)C1C(C)=N[C@]2(O)c3ccccc3C(=O)[C@]12O. The molecule has 0 bridgehead atoms. The molecule has 3 atom stereocenters. The van der Waals surface area contributed by atoms with Crippen LogP contribution in [0.5, 0.6) is 0 Å². The zero-order valence-corrected chi connectivity index (χ0v) is 12.8. The summed E-state index contributed by atoms with van der Waals surface area (Å²) in [7, 11) is 1.46. The summed E-state index contributed by atoms with van der Waals surface area (Å²) in [6, 6.07) is 6.25. The van der Waals surface area contributed by atoms with Gasteiger partial charge in [-0.15, -0.1) is 0 Å². The molecular weight excluding hydrogens is 302 g/mol. The summed E-state index contributed by atoms with van der Waals surface area (Å²) in [6.45, 7) is 1.65. The Morgan fingerprint density at radius 3 is 2.70 bits per heavy atom. The van der Waals surface area contributed by atoms with Crippen molar-refractivity contribution in [3.05, 3.63) is 35.4 Å². The lowest BCUT2D eigenvalue weighted by Crippen LogP contribution is -2.56. The van der Waals surface area contributed by atoms with Gasteiger partial charge < -0.3 is 19.7 Å². The highest BCUT2D eigenvalue weighted by Crippen LogP contribution is 2.53. The smallest absolute Gasteiger partial charge is 0.318 e. The van der Waals surface area contributed by atoms with E-state index in [1.807, 2.05) is 0 Å². The molecule has 7 nitrogen and oxygen atoms in total. The van der Waals surface area contributed by atoms with Crippen LogP contribution in [-0.4, -0.2) is 53.6 Å². The van der Waals surface area contributed by atoms with Crippen molar-refractivity contribution < 1.29 is 29.3 Å². The van der Waals surface area contributed by atoms with E-state index in [2.05, 4.69) is 4.99 Å². The molecule has 23 heavy (non-hydrogen) atoms. The number of fused-ring (bicyclic) bond motifs is 3. The van der Waals surface area contributed by atoms with Gasteiger partial charge in [-0.2, -0.15) is 0 Å². The first-order chi connectivity index (χ1) is 10.9. The molecule has 0 radical (unpaired) electrons. The Morgan fingerprint density at radius 1 is 1.30 bits per heavy atom. The van der Waals surface area contributed by atoms with Crippen molar-refractivity contribution in [1.29, 1.82) is 0 Å². The summed E-state index contributed by atoms with van der Waals surface area (Å²) in [4.78, 5) is 29.1. The summed E-state index contributed by atoms with van der Waals surface area (Å²) in [5.74, 6) is -2.91. The molecule has 0 saturated heterocycles. The monoisotopic (exact) mass is 319 g/mol. The normalized spacial score (nSPS) is 31.6. The number of carbonyl (C=O) groups is 2. The number of benzene rings is 1. The van der Waals surface area contributed by atoms with Gasteiger partial charge in [0.25, 0.3) is 0 Å². The third kappa shape index (κ3) is 1.90. The second-order valence-corrected chi connectivity index (χ2v) is 5.66. The van der Waals surface area contributed by atoms with Crippen molar-refractivity contribution in [2.45, 2.75) is 18.2 Å². The fourth-order valence-corrected chi connectivity index (χ4v) is 3.30. The molecule has 0 aromatic heterocycles. The highest BCUT2D eigenvalue weighted by molar-refractivity contribution is 6.18. The lowest BCUT2D eigenvalue weighted by molar-refractivity contribution is -0.165. The molecule has 0 saturated carbocycles. The zero-order chi connectivity index (χ0) is 16.8. The van der Waals surface area contributed by atoms with E-state index in [1.165, 1.54) is 26.2 Å². The van der Waals surface area contributed by atoms with Crippen LogP contribution in [-0.2, 0) is 20.0 Å². The third-order valence-electron chi connectivity index (χ3n) is 4.37. The molecule has 2 N–H and O–H groups in total. The second-order valence-electron chi connectivity index (χ2n) is 5.66. The standard InChI is InChI=1S/C16H17NO6/c1-9-12(14(19)23-8-7-22-2)15(20)13(18)10-5-3-4-6-11(10)16(15,21)17-9/h3-6,12,20-21H,7-8H2,1-2H3/t12?,15-,16+/m1/s1. The number of Topliss-reactive ketones (excluding diaryl/α,β-unsaturated/α-hetero) is 1. The first-order valence-electron chi connectivity index (χ1n) is 7.19. The van der Waals surface area contributed by atoms with Crippen LogP contribution in [0.3, 0.4) is 0 Å². The summed E-state index contributed by atoms with van der Waals surface area (Å²) in [6.07, 6.45) is 0. The molecule has 1 aromatic carbocycles. The Hall–Kier alpha value is -2.09. The van der Waals surface area contributed by atoms with Gasteiger partial charge in [0.2, 0.25) is 11.5 Å². The molecule has 7 heteroatoms. The number of rotatable bonds is 4. The van der Waals surface area contributed by atoms with Gasteiger partial charge in [-0.05, 0) is 6.92 Å². The van der Waals surface area contributed by atoms with Crippen LogP contribution in [0.1, 0.15) is 22.8 Å². The highest BCUT2D eigenvalue weighted by atomic mass is 16.6. The third-order valence-corrected chi connectivity index (χ3v) is 4.37. The lowest BCUT2D eigenvalue weighted by Gasteiger charge is -2.31. The van der Waals surface area contributed by atoms with Gasteiger partial charge in [-0.25, -0.2) is 0 Å². The number of aliphatic imine (C=N–C) groups is 1. The number of methoxy groups -OCH3 is 1. The van der Waals surface area contributed by atoms with Crippen LogP contribution >= 0.6 is 0 Å². The molecule has 1 aromatic rings. The van der Waals surface area contributed by atoms with Crippen molar-refractivity contribution in [3.63, 3.8) is 0 Å². The average Bonchev–Trinajstić information content (AvgIpc) is 2.83. The van der Waals surface area contributed by atoms with Crippen molar-refractivity contribution >= 4 is 17.5 Å². The topological polar surface area (TPSA) is 105 Å². The van der Waals surface area contributed by atoms with E-state index in [0.717, 1.165) is 0 Å². The predicted molar refractivity (Wildman–Crippen MR) is 79.1 cm³/mol. The number of carbonyl (C=O) groups excluding carboxylic acids is 2. The van der Waals surface area contributed by atoms with Gasteiger partial charge in [0.1, 0.15) is 12.5 Å². The maximum atomic E-state index is 12.7. The first-order valence-corrected chi connectivity index (χ1v) is 7.19. The van der Waals surface area contributed by atoms with Crippen molar-refractivity contribution in [2.75, 3.05) is 20.3 Å². The summed E-state index contributed by atoms with van der Waals surface area (Å²) >= 11 is 0. The Kier molecular flexibility index (Phi) is 3.59. The maximum Gasteiger partial charge on any atom is 0.318 e. The molecule has 1 aliphatic carbocycles. The molecule has 2 aliphatic rings. The van der Waals surface area contributed by atoms with Gasteiger partial charge in [0, 0.05) is 23.9 Å². The van der Waals surface area contributed by atoms with Gasteiger partial charge in [0.05, 0.1) is 6.61 Å². The number of aliphatic hydroxyl groups is 2. The van der Waals surface area contributed by atoms with Gasteiger partial charge in [-0.3, -0.25) is 14.6 Å². The molecule has 0 fully saturated rings. The van der Waals surface area contributed by atoms with Gasteiger partial charge in [-0.1, -0.05) is 24.3 Å². The quantitative estimate of drug-likeness (QED) is 0.599. The summed E-state index contributed by atoms with van der Waals surface area (Å²) in [5, 5.41) is 21.9. The Balaban J connectivity index is 2.03. The first kappa shape index (κ1) is 15.8. The fourth-order valence-electron chi connectivity index (χ4n) is 3.30. The van der Waals surface area contributed by atoms with E-state index in [1.54, 1.807) is 12.1 Å². The number of esters is 1. The molecule has 0 amide bonds. The number of ketones is 1. The number of ether oxygens (including phenoxy) is 2. The Bertz CT molecular complexity index is 714. The largest absolute Gasteiger partial charge is 0.463 e. The Labute approximate surface area is 132 Å². The zero-order valence-electron chi connectivity index (χ0n) is 12.8. The highest BCUT2D eigenvalue weighted by Gasteiger charge is 2.72. The van der Waals surface area contributed by atoms with Gasteiger partial charge in [0.15, 0.2) is 5.60 Å². The minimum absolute atomic E-state index is 0.0191. The molecule has 1 heterocycles. The van der Waals surface area contributed by atoms with E-state index >= 15 is 0 Å². The van der Waals surface area contributed by atoms with Crippen LogP contribution in [0.15, 0.2) is 29.3 Å². The number of hydrogen-bond donors (Lipinski definition) is 2. The van der Waals surface area contributed by atoms with E-state index < -0.39 is 29.0 Å². The second kappa shape index (κ2) is 5.23. The average molecular weight is 319 g/mol. The van der Waals surface area contributed by atoms with Crippen molar-refractivity contribution in [1.82, 2.24) is 0 Å². The molecule has 3 rings (SSSR count). The maximum absolute atomic E-state index is 12.7. The lowest BCUT2D eigenvalue weighted by atomic mass is 9.79. The van der Waals surface area contributed by atoms with E-state index in [0.29, 0.717) is 0 Å². The minimum atomic E-state index is -2.38. The van der Waals surface area contributed by atoms with E-state index in [4.69, 9.17) is 9.47 Å². The number of hydrogen-bond acceptors (Lipinski definition) is 7. The van der Waals surface area contributed by atoms with Crippen LogP contribution in [0.25, 0.3) is 0 Å². The van der Waals surface area contributed by atoms with Crippen LogP contribution in [0, 0.1) is 5.92 Å². The fraction of sp³-hybridized carbons (Fsp3) is 0.438.